The summed E-state index contributed by atoms with van der Waals surface area (Å²) < 4.78 is 40.9. The van der Waals surface area contributed by atoms with Crippen molar-refractivity contribution in [3.63, 3.8) is 0 Å². The maximum Gasteiger partial charge on any atom is 0.272 e. The molecule has 0 unspecified atom stereocenters. The Bertz CT molecular complexity index is 1200. The van der Waals surface area contributed by atoms with Crippen molar-refractivity contribution in [3.05, 3.63) is 59.0 Å². The largest absolute Gasteiger partial charge is 0.340 e. The second kappa shape index (κ2) is 7.25. The fourth-order valence-corrected chi connectivity index (χ4v) is 3.86. The van der Waals surface area contributed by atoms with Crippen molar-refractivity contribution in [2.24, 2.45) is 7.05 Å². The number of sulfonamides is 1. The molecule has 10 heteroatoms. The van der Waals surface area contributed by atoms with E-state index in [1.54, 1.807) is 11.6 Å². The molecule has 28 heavy (non-hydrogen) atoms. The van der Waals surface area contributed by atoms with Crippen LogP contribution in [0.4, 0.5) is 10.1 Å². The summed E-state index contributed by atoms with van der Waals surface area (Å²) in [7, 11) is -2.31. The fraction of sp³-hybridized carbons (Fsp3) is 0.111. The van der Waals surface area contributed by atoms with Crippen molar-refractivity contribution in [1.29, 1.82) is 0 Å². The second-order valence-electron chi connectivity index (χ2n) is 6.05. The Morgan fingerprint density at radius 3 is 2.36 bits per heavy atom. The molecular formula is C18H15ClFN3O4S. The van der Waals surface area contributed by atoms with Crippen molar-refractivity contribution in [1.82, 2.24) is 9.29 Å². The van der Waals surface area contributed by atoms with Crippen LogP contribution in [0, 0.1) is 5.82 Å². The van der Waals surface area contributed by atoms with Gasteiger partial charge in [-0.05, 0) is 42.5 Å². The van der Waals surface area contributed by atoms with E-state index in [0.29, 0.717) is 16.6 Å². The quantitative estimate of drug-likeness (QED) is 0.674. The lowest BCUT2D eigenvalue weighted by Crippen LogP contribution is -2.28. The topological polar surface area (TPSA) is 97.3 Å². The average molecular weight is 424 g/mol. The molecule has 2 aromatic carbocycles. The second-order valence-corrected chi connectivity index (χ2v) is 8.14. The summed E-state index contributed by atoms with van der Waals surface area (Å²) in [5.41, 5.74) is 1.21. The van der Waals surface area contributed by atoms with Crippen LogP contribution < -0.4 is 10.0 Å². The first-order valence-corrected chi connectivity index (χ1v) is 9.84. The van der Waals surface area contributed by atoms with E-state index in [9.17, 15) is 22.4 Å². The van der Waals surface area contributed by atoms with Crippen LogP contribution >= 0.6 is 11.6 Å². The molecule has 2 N–H and O–H groups in total. The number of hydrogen-bond donors (Lipinski definition) is 2. The molecule has 3 aromatic rings. The Balaban J connectivity index is 1.85. The lowest BCUT2D eigenvalue weighted by Gasteiger charge is -2.08. The van der Waals surface area contributed by atoms with E-state index in [4.69, 9.17) is 11.6 Å². The van der Waals surface area contributed by atoms with Crippen LogP contribution in [0.25, 0.3) is 10.9 Å². The number of nitrogens with zero attached hydrogens (tertiary/aromatic N) is 1. The van der Waals surface area contributed by atoms with Gasteiger partial charge < -0.3 is 9.88 Å². The molecule has 0 atom stereocenters. The molecule has 0 aliphatic heterocycles. The molecule has 0 bridgehead atoms. The highest BCUT2D eigenvalue weighted by molar-refractivity contribution is 7.90. The SMILES string of the molecule is CC(=O)NS(=O)(=O)c1ccc(NC(=O)c2cc3cc(F)c(Cl)cc3n2C)cc1. The van der Waals surface area contributed by atoms with Gasteiger partial charge in [-0.15, -0.1) is 0 Å². The number of carbonyl (C=O) groups excluding carboxylic acids is 2. The van der Waals surface area contributed by atoms with Crippen LogP contribution in [0.1, 0.15) is 17.4 Å². The highest BCUT2D eigenvalue weighted by atomic mass is 35.5. The smallest absolute Gasteiger partial charge is 0.272 e. The van der Waals surface area contributed by atoms with Gasteiger partial charge in [0.1, 0.15) is 11.5 Å². The van der Waals surface area contributed by atoms with Crippen LogP contribution in [0.2, 0.25) is 5.02 Å². The summed E-state index contributed by atoms with van der Waals surface area (Å²) in [4.78, 5) is 23.4. The van der Waals surface area contributed by atoms with Gasteiger partial charge in [-0.25, -0.2) is 17.5 Å². The Morgan fingerprint density at radius 1 is 1.11 bits per heavy atom. The van der Waals surface area contributed by atoms with E-state index in [0.717, 1.165) is 6.92 Å². The summed E-state index contributed by atoms with van der Waals surface area (Å²) >= 11 is 5.80. The lowest BCUT2D eigenvalue weighted by atomic mass is 10.2. The fourth-order valence-electron chi connectivity index (χ4n) is 2.71. The molecule has 7 nitrogen and oxygen atoms in total. The standard InChI is InChI=1S/C18H15ClFN3O4S/c1-10(24)22-28(26,27)13-5-3-12(4-6-13)21-18(25)17-8-11-7-15(20)14(19)9-16(11)23(17)2/h3-9H,1-2H3,(H,21,25)(H,22,24). The van der Waals surface area contributed by atoms with E-state index in [2.05, 4.69) is 5.32 Å². The van der Waals surface area contributed by atoms with Crippen LogP contribution in [-0.4, -0.2) is 24.8 Å². The monoisotopic (exact) mass is 423 g/mol. The van der Waals surface area contributed by atoms with Gasteiger partial charge in [-0.2, -0.15) is 0 Å². The van der Waals surface area contributed by atoms with Crippen molar-refractivity contribution in [2.75, 3.05) is 5.32 Å². The average Bonchev–Trinajstić information content (AvgIpc) is 2.91. The van der Waals surface area contributed by atoms with Crippen LogP contribution in [-0.2, 0) is 21.9 Å². The predicted molar refractivity (Wildman–Crippen MR) is 103 cm³/mol. The third kappa shape index (κ3) is 3.85. The van der Waals surface area contributed by atoms with Crippen molar-refractivity contribution < 1.29 is 22.4 Å². The Hall–Kier alpha value is -2.91. The predicted octanol–water partition coefficient (Wildman–Crippen LogP) is 3.05. The van der Waals surface area contributed by atoms with Gasteiger partial charge >= 0.3 is 0 Å². The normalized spacial score (nSPS) is 11.4. The van der Waals surface area contributed by atoms with E-state index >= 15 is 0 Å². The minimum absolute atomic E-state index is 0.0448. The van der Waals surface area contributed by atoms with E-state index in [-0.39, 0.29) is 15.6 Å². The Morgan fingerprint density at radius 2 is 1.75 bits per heavy atom. The molecule has 146 valence electrons. The van der Waals surface area contributed by atoms with Gasteiger partial charge in [0.05, 0.1) is 15.4 Å². The molecular weight excluding hydrogens is 409 g/mol. The molecule has 0 saturated heterocycles. The zero-order chi connectivity index (χ0) is 20.6. The van der Waals surface area contributed by atoms with E-state index in [1.807, 2.05) is 4.72 Å². The third-order valence-electron chi connectivity index (χ3n) is 4.02. The number of amides is 2. The van der Waals surface area contributed by atoms with Crippen LogP contribution in [0.3, 0.4) is 0 Å². The number of rotatable bonds is 4. The molecule has 3 rings (SSSR count). The van der Waals surface area contributed by atoms with Crippen LogP contribution in [0.5, 0.6) is 0 Å². The number of nitrogens with one attached hydrogen (secondary N) is 2. The number of aromatic nitrogens is 1. The maximum atomic E-state index is 13.6. The number of fused-ring (bicyclic) bond motifs is 1. The number of benzene rings is 2. The molecule has 1 aromatic heterocycles. The van der Waals surface area contributed by atoms with Gasteiger partial charge in [0.25, 0.3) is 15.9 Å². The molecule has 1 heterocycles. The Kier molecular flexibility index (Phi) is 5.14. The van der Waals surface area contributed by atoms with E-state index < -0.39 is 27.7 Å². The number of aryl methyl sites for hydroxylation is 1. The zero-order valence-corrected chi connectivity index (χ0v) is 16.4. The first-order chi connectivity index (χ1) is 13.1. The summed E-state index contributed by atoms with van der Waals surface area (Å²) in [5, 5.41) is 3.11. The van der Waals surface area contributed by atoms with Crippen molar-refractivity contribution in [2.45, 2.75) is 11.8 Å². The Labute approximate surface area is 165 Å². The zero-order valence-electron chi connectivity index (χ0n) is 14.8. The minimum Gasteiger partial charge on any atom is -0.340 e. The molecule has 0 radical (unpaired) electrons. The van der Waals surface area contributed by atoms with Gasteiger partial charge in [0, 0.05) is 25.0 Å². The first kappa shape index (κ1) is 19.8. The highest BCUT2D eigenvalue weighted by Gasteiger charge is 2.17. The van der Waals surface area contributed by atoms with Gasteiger partial charge in [-0.3, -0.25) is 9.59 Å². The van der Waals surface area contributed by atoms with Crippen LogP contribution in [0.15, 0.2) is 47.4 Å². The number of halogens is 2. The summed E-state index contributed by atoms with van der Waals surface area (Å²) in [6.07, 6.45) is 0. The van der Waals surface area contributed by atoms with Crippen molar-refractivity contribution in [3.8, 4) is 0 Å². The highest BCUT2D eigenvalue weighted by Crippen LogP contribution is 2.26. The molecule has 2 amide bonds. The van der Waals surface area contributed by atoms with Gasteiger partial charge in [0.2, 0.25) is 5.91 Å². The number of hydrogen-bond acceptors (Lipinski definition) is 4. The maximum absolute atomic E-state index is 13.6. The summed E-state index contributed by atoms with van der Waals surface area (Å²) in [5.74, 6) is -1.75. The van der Waals surface area contributed by atoms with Crippen molar-refractivity contribution >= 4 is 50.0 Å². The molecule has 0 aliphatic carbocycles. The summed E-state index contributed by atoms with van der Waals surface area (Å²) in [6, 6.07) is 9.52. The number of carbonyl (C=O) groups is 2. The number of anilines is 1. The minimum atomic E-state index is -3.95. The molecule has 0 spiro atoms. The molecule has 0 saturated carbocycles. The lowest BCUT2D eigenvalue weighted by molar-refractivity contribution is -0.117. The van der Waals surface area contributed by atoms with Gasteiger partial charge in [-0.1, -0.05) is 11.6 Å². The molecule has 0 aliphatic rings. The van der Waals surface area contributed by atoms with Gasteiger partial charge in [0.15, 0.2) is 0 Å². The first-order valence-electron chi connectivity index (χ1n) is 7.98. The van der Waals surface area contributed by atoms with E-state index in [1.165, 1.54) is 42.5 Å². The summed E-state index contributed by atoms with van der Waals surface area (Å²) in [6.45, 7) is 1.09. The molecule has 0 fully saturated rings. The third-order valence-corrected chi connectivity index (χ3v) is 5.76.